The molecule has 6 heteroatoms. The van der Waals surface area contributed by atoms with Gasteiger partial charge in [-0.2, -0.15) is 4.52 Å². The van der Waals surface area contributed by atoms with Gasteiger partial charge in [-0.05, 0) is 12.1 Å². The third-order valence-corrected chi connectivity index (χ3v) is 3.92. The first kappa shape index (κ1) is 12.3. The third kappa shape index (κ3) is 1.87. The van der Waals surface area contributed by atoms with Gasteiger partial charge in [0.1, 0.15) is 0 Å². The molecular formula is C15H10BrN5. The molecule has 2 N–H and O–H groups in total. The highest BCUT2D eigenvalue weighted by Gasteiger charge is 2.13. The predicted octanol–water partition coefficient (Wildman–Crippen LogP) is 3.29. The van der Waals surface area contributed by atoms with Crippen LogP contribution in [0.3, 0.4) is 0 Å². The van der Waals surface area contributed by atoms with E-state index in [4.69, 9.17) is 5.73 Å². The Hall–Kier alpha value is -2.47. The van der Waals surface area contributed by atoms with Gasteiger partial charge < -0.3 is 5.73 Å². The van der Waals surface area contributed by atoms with Crippen LogP contribution in [0.5, 0.6) is 0 Å². The molecule has 0 fully saturated rings. The van der Waals surface area contributed by atoms with Crippen LogP contribution >= 0.6 is 15.9 Å². The van der Waals surface area contributed by atoms with E-state index in [1.54, 1.807) is 4.52 Å². The van der Waals surface area contributed by atoms with Crippen LogP contribution in [0.1, 0.15) is 0 Å². The molecule has 0 bridgehead atoms. The topological polar surface area (TPSA) is 69.1 Å². The fourth-order valence-electron chi connectivity index (χ4n) is 2.38. The highest BCUT2D eigenvalue weighted by Crippen LogP contribution is 2.26. The molecule has 0 aliphatic heterocycles. The van der Waals surface area contributed by atoms with Gasteiger partial charge in [-0.1, -0.05) is 52.3 Å². The largest absolute Gasteiger partial charge is 0.382 e. The Morgan fingerprint density at radius 2 is 1.62 bits per heavy atom. The van der Waals surface area contributed by atoms with Crippen molar-refractivity contribution in [3.63, 3.8) is 0 Å². The van der Waals surface area contributed by atoms with Gasteiger partial charge in [0.2, 0.25) is 0 Å². The molecule has 0 atom stereocenters. The first-order chi connectivity index (χ1) is 10.2. The zero-order valence-corrected chi connectivity index (χ0v) is 12.4. The summed E-state index contributed by atoms with van der Waals surface area (Å²) >= 11 is 3.42. The molecule has 0 saturated heterocycles. The van der Waals surface area contributed by atoms with Crippen molar-refractivity contribution in [3.8, 4) is 11.4 Å². The molecule has 5 nitrogen and oxygen atoms in total. The van der Waals surface area contributed by atoms with E-state index in [0.29, 0.717) is 17.3 Å². The maximum Gasteiger partial charge on any atom is 0.186 e. The molecule has 0 aliphatic carbocycles. The first-order valence-corrected chi connectivity index (χ1v) is 7.19. The minimum absolute atomic E-state index is 0.469. The third-order valence-electron chi connectivity index (χ3n) is 3.39. The molecule has 2 heterocycles. The Morgan fingerprint density at radius 1 is 0.905 bits per heavy atom. The lowest BCUT2D eigenvalue weighted by molar-refractivity contribution is 0.954. The van der Waals surface area contributed by atoms with Crippen molar-refractivity contribution in [1.29, 1.82) is 0 Å². The lowest BCUT2D eigenvalue weighted by Crippen LogP contribution is -2.01. The summed E-state index contributed by atoms with van der Waals surface area (Å²) in [6.45, 7) is 0. The lowest BCUT2D eigenvalue weighted by atomic mass is 10.2. The zero-order chi connectivity index (χ0) is 14.4. The fraction of sp³-hybridized carbons (Fsp3) is 0. The van der Waals surface area contributed by atoms with Crippen LogP contribution < -0.4 is 5.73 Å². The number of halogens is 1. The van der Waals surface area contributed by atoms with Gasteiger partial charge in [0.25, 0.3) is 0 Å². The van der Waals surface area contributed by atoms with Gasteiger partial charge in [0.15, 0.2) is 17.3 Å². The molecule has 0 spiro atoms. The molecule has 0 saturated carbocycles. The molecule has 0 amide bonds. The van der Waals surface area contributed by atoms with Crippen LogP contribution in [0, 0.1) is 0 Å². The fourth-order valence-corrected chi connectivity index (χ4v) is 2.65. The SMILES string of the molecule is Nc1nn2c(-c3ccc(Br)cc3)nnc2c2ccccc12. The molecule has 2 aromatic carbocycles. The summed E-state index contributed by atoms with van der Waals surface area (Å²) in [7, 11) is 0. The monoisotopic (exact) mass is 339 g/mol. The summed E-state index contributed by atoms with van der Waals surface area (Å²) in [5.41, 5.74) is 7.70. The second-order valence-corrected chi connectivity index (χ2v) is 5.61. The van der Waals surface area contributed by atoms with Gasteiger partial charge in [0, 0.05) is 20.8 Å². The van der Waals surface area contributed by atoms with E-state index in [1.807, 2.05) is 48.5 Å². The molecule has 0 aliphatic rings. The molecule has 102 valence electrons. The second kappa shape index (κ2) is 4.53. The zero-order valence-electron chi connectivity index (χ0n) is 10.9. The number of nitrogens with two attached hydrogens (primary N) is 1. The average molecular weight is 340 g/mol. The van der Waals surface area contributed by atoms with Crippen LogP contribution in [-0.2, 0) is 0 Å². The molecular weight excluding hydrogens is 330 g/mol. The number of aromatic nitrogens is 4. The van der Waals surface area contributed by atoms with Crippen molar-refractivity contribution in [1.82, 2.24) is 19.8 Å². The Balaban J connectivity index is 2.06. The van der Waals surface area contributed by atoms with Crippen molar-refractivity contribution < 1.29 is 0 Å². The van der Waals surface area contributed by atoms with Crippen molar-refractivity contribution >= 4 is 38.2 Å². The maximum absolute atomic E-state index is 6.06. The summed E-state index contributed by atoms with van der Waals surface area (Å²) in [6.07, 6.45) is 0. The Bertz CT molecular complexity index is 959. The minimum atomic E-state index is 0.469. The van der Waals surface area contributed by atoms with E-state index in [1.165, 1.54) is 0 Å². The standard InChI is InChI=1S/C15H10BrN5/c16-10-7-5-9(6-8-10)14-18-19-15-12-4-2-1-3-11(12)13(17)20-21(14)15/h1-8H,(H2,17,20). The molecule has 0 unspecified atom stereocenters. The van der Waals surface area contributed by atoms with Crippen LogP contribution in [0.4, 0.5) is 5.82 Å². The van der Waals surface area contributed by atoms with Crippen LogP contribution in [-0.4, -0.2) is 19.8 Å². The van der Waals surface area contributed by atoms with Gasteiger partial charge in [-0.15, -0.1) is 15.3 Å². The summed E-state index contributed by atoms with van der Waals surface area (Å²) < 4.78 is 2.71. The highest BCUT2D eigenvalue weighted by molar-refractivity contribution is 9.10. The van der Waals surface area contributed by atoms with Gasteiger partial charge >= 0.3 is 0 Å². The van der Waals surface area contributed by atoms with Crippen LogP contribution in [0.2, 0.25) is 0 Å². The van der Waals surface area contributed by atoms with E-state index in [-0.39, 0.29) is 0 Å². The van der Waals surface area contributed by atoms with Crippen LogP contribution in [0.25, 0.3) is 27.8 Å². The van der Waals surface area contributed by atoms with Crippen molar-refractivity contribution in [2.75, 3.05) is 5.73 Å². The Kier molecular flexibility index (Phi) is 2.65. The number of hydrogen-bond acceptors (Lipinski definition) is 4. The van der Waals surface area contributed by atoms with E-state index in [0.717, 1.165) is 20.8 Å². The smallest absolute Gasteiger partial charge is 0.186 e. The average Bonchev–Trinajstić information content (AvgIpc) is 2.92. The lowest BCUT2D eigenvalue weighted by Gasteiger charge is -2.04. The number of nitrogen functional groups attached to an aromatic ring is 1. The molecule has 2 aromatic heterocycles. The molecule has 0 radical (unpaired) electrons. The number of fused-ring (bicyclic) bond motifs is 3. The highest BCUT2D eigenvalue weighted by atomic mass is 79.9. The Labute approximate surface area is 128 Å². The minimum Gasteiger partial charge on any atom is -0.382 e. The summed E-state index contributed by atoms with van der Waals surface area (Å²) in [5.74, 6) is 1.14. The number of benzene rings is 2. The second-order valence-electron chi connectivity index (χ2n) is 4.70. The van der Waals surface area contributed by atoms with Gasteiger partial charge in [-0.25, -0.2) is 0 Å². The molecule has 4 rings (SSSR count). The number of nitrogens with zero attached hydrogens (tertiary/aromatic N) is 4. The number of hydrogen-bond donors (Lipinski definition) is 1. The first-order valence-electron chi connectivity index (χ1n) is 6.39. The predicted molar refractivity (Wildman–Crippen MR) is 85.8 cm³/mol. The maximum atomic E-state index is 6.06. The molecule has 21 heavy (non-hydrogen) atoms. The van der Waals surface area contributed by atoms with Gasteiger partial charge in [0.05, 0.1) is 0 Å². The summed E-state index contributed by atoms with van der Waals surface area (Å²) in [5, 5.41) is 14.8. The normalized spacial score (nSPS) is 11.3. The number of anilines is 1. The quantitative estimate of drug-likeness (QED) is 0.577. The van der Waals surface area contributed by atoms with E-state index < -0.39 is 0 Å². The molecule has 4 aromatic rings. The number of rotatable bonds is 1. The van der Waals surface area contributed by atoms with Crippen molar-refractivity contribution in [2.45, 2.75) is 0 Å². The van der Waals surface area contributed by atoms with Crippen molar-refractivity contribution in [3.05, 3.63) is 53.0 Å². The van der Waals surface area contributed by atoms with Gasteiger partial charge in [-0.3, -0.25) is 0 Å². The summed E-state index contributed by atoms with van der Waals surface area (Å²) in [6, 6.07) is 15.6. The van der Waals surface area contributed by atoms with Crippen LogP contribution in [0.15, 0.2) is 53.0 Å². The van der Waals surface area contributed by atoms with E-state index in [2.05, 4.69) is 31.2 Å². The summed E-state index contributed by atoms with van der Waals surface area (Å²) in [4.78, 5) is 0. The Morgan fingerprint density at radius 3 is 2.38 bits per heavy atom. The van der Waals surface area contributed by atoms with E-state index >= 15 is 0 Å². The van der Waals surface area contributed by atoms with Crippen molar-refractivity contribution in [2.24, 2.45) is 0 Å². The van der Waals surface area contributed by atoms with E-state index in [9.17, 15) is 0 Å².